The van der Waals surface area contributed by atoms with Crippen LogP contribution in [0, 0.1) is 12.1 Å². The Morgan fingerprint density at radius 3 is 1.72 bits per heavy atom. The van der Waals surface area contributed by atoms with Crippen molar-refractivity contribution >= 4 is 21.5 Å². The fourth-order valence-corrected chi connectivity index (χ4v) is 7.29. The summed E-state index contributed by atoms with van der Waals surface area (Å²) in [4.78, 5) is 8.96. The van der Waals surface area contributed by atoms with Crippen LogP contribution in [0.4, 0.5) is 0 Å². The van der Waals surface area contributed by atoms with Crippen LogP contribution in [0.25, 0.3) is 88.6 Å². The molecule has 10 rings (SSSR count). The van der Waals surface area contributed by atoms with Gasteiger partial charge in [-0.1, -0.05) is 127 Å². The van der Waals surface area contributed by atoms with E-state index in [0.717, 1.165) is 28.1 Å². The molecule has 0 saturated heterocycles. The van der Waals surface area contributed by atoms with Crippen LogP contribution in [0.2, 0.25) is 0 Å². The molecule has 273 valence electrons. The molecule has 3 heteroatoms. The van der Waals surface area contributed by atoms with Crippen LogP contribution in [-0.4, -0.2) is 9.97 Å². The molecular formula is C54H36IrN2-2. The molecule has 1 radical (unpaired) electrons. The van der Waals surface area contributed by atoms with Crippen LogP contribution < -0.4 is 0 Å². The first-order valence-electron chi connectivity index (χ1n) is 18.8. The second kappa shape index (κ2) is 17.4. The Hall–Kier alpha value is -6.77. The molecule has 2 aromatic heterocycles. The predicted octanol–water partition coefficient (Wildman–Crippen LogP) is 14.1. The van der Waals surface area contributed by atoms with Crippen LogP contribution in [0.5, 0.6) is 0 Å². The van der Waals surface area contributed by atoms with Crippen molar-refractivity contribution in [3.8, 4) is 67.0 Å². The number of hydrogen-bond acceptors (Lipinski definition) is 2. The minimum atomic E-state index is 0. The van der Waals surface area contributed by atoms with Crippen LogP contribution >= 0.6 is 0 Å². The molecule has 2 heterocycles. The molecule has 8 aromatic carbocycles. The van der Waals surface area contributed by atoms with Crippen molar-refractivity contribution in [1.82, 2.24) is 9.97 Å². The van der Waals surface area contributed by atoms with Crippen LogP contribution in [-0.2, 0) is 20.1 Å². The first-order chi connectivity index (χ1) is 27.8. The number of fused-ring (bicyclic) bond motifs is 2. The van der Waals surface area contributed by atoms with Gasteiger partial charge in [0.25, 0.3) is 0 Å². The summed E-state index contributed by atoms with van der Waals surface area (Å²) >= 11 is 0. The van der Waals surface area contributed by atoms with Gasteiger partial charge in [0.1, 0.15) is 0 Å². The first kappa shape index (κ1) is 37.2. The van der Waals surface area contributed by atoms with Crippen LogP contribution in [0.1, 0.15) is 0 Å². The maximum atomic E-state index is 4.52. The van der Waals surface area contributed by atoms with Gasteiger partial charge in [0.05, 0.1) is 0 Å². The summed E-state index contributed by atoms with van der Waals surface area (Å²) in [5, 5.41) is 4.90. The molecule has 0 aliphatic rings. The van der Waals surface area contributed by atoms with Gasteiger partial charge < -0.3 is 9.97 Å². The molecule has 10 aromatic rings. The van der Waals surface area contributed by atoms with E-state index in [1.54, 1.807) is 0 Å². The average Bonchev–Trinajstić information content (AvgIpc) is 3.29. The number of rotatable bonds is 6. The van der Waals surface area contributed by atoms with E-state index in [0.29, 0.717) is 0 Å². The minimum Gasteiger partial charge on any atom is -0.305 e. The summed E-state index contributed by atoms with van der Waals surface area (Å²) in [5.41, 5.74) is 13.5. The number of aromatic nitrogens is 2. The van der Waals surface area contributed by atoms with E-state index in [1.807, 2.05) is 79.1 Å². The zero-order valence-electron chi connectivity index (χ0n) is 31.0. The fraction of sp³-hybridized carbons (Fsp3) is 0. The quantitative estimate of drug-likeness (QED) is 0.155. The average molecular weight is 905 g/mol. The van der Waals surface area contributed by atoms with Gasteiger partial charge in [-0.3, -0.25) is 0 Å². The van der Waals surface area contributed by atoms with Gasteiger partial charge in [0, 0.05) is 32.5 Å². The molecule has 0 fully saturated rings. The van der Waals surface area contributed by atoms with Crippen molar-refractivity contribution in [1.29, 1.82) is 0 Å². The molecule has 0 N–H and O–H groups in total. The Labute approximate surface area is 347 Å². The van der Waals surface area contributed by atoms with Gasteiger partial charge in [-0.05, 0) is 108 Å². The monoisotopic (exact) mass is 905 g/mol. The van der Waals surface area contributed by atoms with E-state index in [9.17, 15) is 0 Å². The summed E-state index contributed by atoms with van der Waals surface area (Å²) in [5.74, 6) is 0. The molecule has 0 atom stereocenters. The smallest absolute Gasteiger partial charge is 0.0167 e. The maximum absolute atomic E-state index is 4.52. The van der Waals surface area contributed by atoms with E-state index < -0.39 is 0 Å². The van der Waals surface area contributed by atoms with Gasteiger partial charge in [-0.15, -0.1) is 71.3 Å². The molecular weight excluding hydrogens is 869 g/mol. The van der Waals surface area contributed by atoms with Gasteiger partial charge in [0.2, 0.25) is 0 Å². The molecule has 0 aliphatic carbocycles. The van der Waals surface area contributed by atoms with Crippen molar-refractivity contribution in [2.75, 3.05) is 0 Å². The Morgan fingerprint density at radius 1 is 0.333 bits per heavy atom. The Balaban J connectivity index is 0.000000224. The third-order valence-electron chi connectivity index (χ3n) is 10.1. The predicted molar refractivity (Wildman–Crippen MR) is 234 cm³/mol. The van der Waals surface area contributed by atoms with Gasteiger partial charge in [-0.2, -0.15) is 0 Å². The minimum absolute atomic E-state index is 0. The number of benzene rings is 8. The maximum Gasteiger partial charge on any atom is 0.0167 e. The van der Waals surface area contributed by atoms with E-state index in [2.05, 4.69) is 162 Å². The molecule has 0 saturated carbocycles. The molecule has 2 nitrogen and oxygen atoms in total. The van der Waals surface area contributed by atoms with Crippen molar-refractivity contribution in [2.24, 2.45) is 0 Å². The fourth-order valence-electron chi connectivity index (χ4n) is 7.29. The zero-order valence-corrected chi connectivity index (χ0v) is 33.4. The Kier molecular flexibility index (Phi) is 11.3. The van der Waals surface area contributed by atoms with E-state index >= 15 is 0 Å². The van der Waals surface area contributed by atoms with Crippen molar-refractivity contribution < 1.29 is 20.1 Å². The number of hydrogen-bond donors (Lipinski definition) is 0. The normalized spacial score (nSPS) is 10.7. The molecule has 0 amide bonds. The summed E-state index contributed by atoms with van der Waals surface area (Å²) < 4.78 is 0. The molecule has 0 aliphatic heterocycles. The van der Waals surface area contributed by atoms with Gasteiger partial charge in [0.15, 0.2) is 0 Å². The molecule has 0 unspecified atom stereocenters. The molecule has 0 bridgehead atoms. The van der Waals surface area contributed by atoms with Crippen molar-refractivity contribution in [3.63, 3.8) is 0 Å². The second-order valence-electron chi connectivity index (χ2n) is 13.6. The third kappa shape index (κ3) is 8.27. The van der Waals surface area contributed by atoms with Gasteiger partial charge >= 0.3 is 0 Å². The first-order valence-corrected chi connectivity index (χ1v) is 18.8. The molecule has 57 heavy (non-hydrogen) atoms. The Morgan fingerprint density at radius 2 is 0.930 bits per heavy atom. The van der Waals surface area contributed by atoms with Crippen molar-refractivity contribution in [2.45, 2.75) is 0 Å². The number of pyridine rings is 2. The third-order valence-corrected chi connectivity index (χ3v) is 10.1. The Bertz CT molecular complexity index is 2900. The standard InChI is InChI=1S/C39H26N.C15H10N.Ir/c1-2-11-28(12-3-1)34-25-35(27-36(26-34)38-20-10-14-29-13-4-5-19-37(29)38)32-17-8-15-30(23-32)31-16-9-18-33(24-31)39-21-6-7-22-40-39;1-2-7-13(8-3-1)15-14-9-5-4-6-12(14)10-11-16-15;/h1-17,19-27H;1-7,9-11H;/q2*-1;. The summed E-state index contributed by atoms with van der Waals surface area (Å²) in [6.45, 7) is 0. The second-order valence-corrected chi connectivity index (χ2v) is 13.6. The van der Waals surface area contributed by atoms with E-state index in [-0.39, 0.29) is 20.1 Å². The largest absolute Gasteiger partial charge is 0.305 e. The summed E-state index contributed by atoms with van der Waals surface area (Å²) in [6, 6.07) is 78.6. The van der Waals surface area contributed by atoms with Crippen molar-refractivity contribution in [3.05, 3.63) is 231 Å². The topological polar surface area (TPSA) is 25.8 Å². The van der Waals surface area contributed by atoms with Crippen LogP contribution in [0.3, 0.4) is 0 Å². The zero-order chi connectivity index (χ0) is 37.5. The summed E-state index contributed by atoms with van der Waals surface area (Å²) in [7, 11) is 0. The van der Waals surface area contributed by atoms with E-state index in [4.69, 9.17) is 0 Å². The van der Waals surface area contributed by atoms with E-state index in [1.165, 1.54) is 60.5 Å². The SMILES string of the molecule is [Ir].[c-]1ccc(-c2cccc(-c3cc(-c4ccccc4)cc(-c4cccc5ccccc45)c3)c2)cc1-c1ccccn1.[c-]1ccccc1-c1nccc2ccccc12. The summed E-state index contributed by atoms with van der Waals surface area (Å²) in [6.07, 6.45) is 3.67. The van der Waals surface area contributed by atoms with Gasteiger partial charge in [-0.25, -0.2) is 0 Å². The number of nitrogens with zero attached hydrogens (tertiary/aromatic N) is 2. The van der Waals surface area contributed by atoms with Crippen LogP contribution in [0.15, 0.2) is 219 Å². The molecule has 0 spiro atoms.